The highest BCUT2D eigenvalue weighted by atomic mass is 79.9. The zero-order chi connectivity index (χ0) is 27.4. The molecule has 9 heteroatoms. The molecule has 1 saturated carbocycles. The molecule has 2 aromatic carbocycles. The van der Waals surface area contributed by atoms with Crippen LogP contribution in [0.25, 0.3) is 10.8 Å². The Morgan fingerprint density at radius 2 is 2.00 bits per heavy atom. The van der Waals surface area contributed by atoms with Crippen LogP contribution in [0.1, 0.15) is 43.9 Å². The van der Waals surface area contributed by atoms with E-state index in [-0.39, 0.29) is 11.2 Å². The topological polar surface area (TPSA) is 85.8 Å². The highest BCUT2D eigenvalue weighted by molar-refractivity contribution is 9.10. The van der Waals surface area contributed by atoms with E-state index in [9.17, 15) is 5.11 Å². The van der Waals surface area contributed by atoms with Gasteiger partial charge in [0.2, 0.25) is 0 Å². The number of aromatic hydroxyl groups is 1. The molecule has 3 aromatic rings. The molecule has 0 spiro atoms. The Morgan fingerprint density at radius 1 is 1.15 bits per heavy atom. The van der Waals surface area contributed by atoms with Gasteiger partial charge in [0.1, 0.15) is 11.6 Å². The van der Waals surface area contributed by atoms with Gasteiger partial charge in [-0.05, 0) is 63.8 Å². The first-order valence-corrected chi connectivity index (χ1v) is 14.9. The minimum absolute atomic E-state index is 0.207. The lowest BCUT2D eigenvalue weighted by Gasteiger charge is -2.32. The fourth-order valence-corrected chi connectivity index (χ4v) is 6.11. The number of hydrogen-bond acceptors (Lipinski definition) is 8. The number of phenolic OH excluding ortho intramolecular Hbond substituents is 1. The highest BCUT2D eigenvalue weighted by Gasteiger charge is 2.44. The maximum atomic E-state index is 10.5. The number of hydrogen-bond donors (Lipinski definition) is 3. The van der Waals surface area contributed by atoms with Gasteiger partial charge in [-0.3, -0.25) is 0 Å². The van der Waals surface area contributed by atoms with Crippen molar-refractivity contribution in [2.75, 3.05) is 63.6 Å². The van der Waals surface area contributed by atoms with Gasteiger partial charge in [-0.15, -0.1) is 0 Å². The fourth-order valence-electron chi connectivity index (χ4n) is 5.53. The average Bonchev–Trinajstić information content (AvgIpc) is 3.67. The predicted octanol–water partition coefficient (Wildman–Crippen LogP) is 5.18. The summed E-state index contributed by atoms with van der Waals surface area (Å²) in [5.41, 5.74) is 3.35. The molecule has 1 aromatic heterocycles. The Balaban J connectivity index is 1.39. The number of benzene rings is 2. The highest BCUT2D eigenvalue weighted by Crippen LogP contribution is 2.46. The fraction of sp³-hybridized carbons (Fsp3) is 0.533. The molecule has 8 nitrogen and oxygen atoms in total. The lowest BCUT2D eigenvalue weighted by atomic mass is 10.0. The first kappa shape index (κ1) is 27.9. The molecule has 5 rings (SSSR count). The lowest BCUT2D eigenvalue weighted by Crippen LogP contribution is -2.33. The minimum Gasteiger partial charge on any atom is -0.508 e. The maximum Gasteiger partial charge on any atom is 0.318 e. The summed E-state index contributed by atoms with van der Waals surface area (Å²) in [4.78, 5) is 14.3. The quantitative estimate of drug-likeness (QED) is 0.233. The number of anilines is 2. The summed E-state index contributed by atoms with van der Waals surface area (Å²) in [5.74, 6) is 1.15. The third kappa shape index (κ3) is 6.76. The molecule has 39 heavy (non-hydrogen) atoms. The summed E-state index contributed by atoms with van der Waals surface area (Å²) < 4.78 is 7.29. The van der Waals surface area contributed by atoms with Gasteiger partial charge in [0.05, 0.1) is 18.8 Å². The summed E-state index contributed by atoms with van der Waals surface area (Å²) in [6.45, 7) is 8.01. The summed E-state index contributed by atoms with van der Waals surface area (Å²) >= 11 is 3.73. The number of ether oxygens (including phenoxy) is 1. The van der Waals surface area contributed by atoms with Crippen LogP contribution in [0.4, 0.5) is 11.5 Å². The van der Waals surface area contributed by atoms with Crippen molar-refractivity contribution in [2.45, 2.75) is 45.6 Å². The van der Waals surface area contributed by atoms with Gasteiger partial charge in [-0.2, -0.15) is 9.97 Å². The first-order chi connectivity index (χ1) is 18.9. The summed E-state index contributed by atoms with van der Waals surface area (Å²) in [7, 11) is 4.23. The minimum atomic E-state index is 0.207. The van der Waals surface area contributed by atoms with Crippen molar-refractivity contribution in [3.8, 4) is 11.8 Å². The zero-order valence-electron chi connectivity index (χ0n) is 23.4. The van der Waals surface area contributed by atoms with Crippen molar-refractivity contribution < 1.29 is 9.84 Å². The van der Waals surface area contributed by atoms with Crippen LogP contribution >= 0.6 is 15.9 Å². The molecule has 2 heterocycles. The van der Waals surface area contributed by atoms with Gasteiger partial charge in [-0.25, -0.2) is 0 Å². The van der Waals surface area contributed by atoms with E-state index in [4.69, 9.17) is 14.7 Å². The third-order valence-corrected chi connectivity index (χ3v) is 8.35. The number of unbranched alkanes of at least 4 members (excludes halogenated alkanes) is 1. The van der Waals surface area contributed by atoms with Crippen molar-refractivity contribution in [1.29, 1.82) is 0 Å². The van der Waals surface area contributed by atoms with Crippen molar-refractivity contribution >= 4 is 38.2 Å². The second-order valence-electron chi connectivity index (χ2n) is 11.3. The molecule has 0 amide bonds. The number of phenols is 1. The number of aromatic nitrogens is 2. The van der Waals surface area contributed by atoms with Crippen LogP contribution in [0.15, 0.2) is 34.8 Å². The van der Waals surface area contributed by atoms with Gasteiger partial charge in [0, 0.05) is 58.8 Å². The molecule has 0 saturated heterocycles. The first-order valence-electron chi connectivity index (χ1n) is 14.2. The normalized spacial score (nSPS) is 16.0. The second-order valence-corrected chi connectivity index (χ2v) is 12.2. The van der Waals surface area contributed by atoms with Crippen LogP contribution in [0.2, 0.25) is 0 Å². The number of halogens is 1. The molecule has 0 unspecified atom stereocenters. The largest absolute Gasteiger partial charge is 0.508 e. The molecule has 1 fully saturated rings. The van der Waals surface area contributed by atoms with Crippen LogP contribution in [-0.2, 0) is 13.0 Å². The molecule has 1 aliphatic carbocycles. The van der Waals surface area contributed by atoms with Gasteiger partial charge in [-0.1, -0.05) is 41.4 Å². The number of nitrogens with one attached hydrogen (secondary N) is 2. The Bertz CT molecular complexity index is 1300. The average molecular weight is 598 g/mol. The van der Waals surface area contributed by atoms with E-state index >= 15 is 0 Å². The molecule has 2 aliphatic rings. The lowest BCUT2D eigenvalue weighted by molar-refractivity contribution is 0.182. The van der Waals surface area contributed by atoms with Crippen LogP contribution in [-0.4, -0.2) is 73.4 Å². The molecule has 0 radical (unpaired) electrons. The van der Waals surface area contributed by atoms with Crippen molar-refractivity contribution in [1.82, 2.24) is 20.2 Å². The van der Waals surface area contributed by atoms with Crippen molar-refractivity contribution in [3.05, 3.63) is 46.1 Å². The van der Waals surface area contributed by atoms with Crippen LogP contribution < -0.4 is 20.3 Å². The number of rotatable bonds is 13. The van der Waals surface area contributed by atoms with E-state index in [1.807, 2.05) is 30.3 Å². The van der Waals surface area contributed by atoms with E-state index in [1.54, 1.807) is 0 Å². The Hall–Kier alpha value is -2.62. The predicted molar refractivity (Wildman–Crippen MR) is 162 cm³/mol. The van der Waals surface area contributed by atoms with Gasteiger partial charge >= 0.3 is 6.01 Å². The molecule has 3 N–H and O–H groups in total. The number of nitrogens with zero attached hydrogens (tertiary/aromatic N) is 4. The summed E-state index contributed by atoms with van der Waals surface area (Å²) in [6, 6.07) is 10.2. The van der Waals surface area contributed by atoms with Crippen LogP contribution in [0.3, 0.4) is 0 Å². The molecule has 210 valence electrons. The van der Waals surface area contributed by atoms with E-state index < -0.39 is 0 Å². The molecule has 0 atom stereocenters. The Labute approximate surface area is 240 Å². The van der Waals surface area contributed by atoms with Gasteiger partial charge in [0.25, 0.3) is 0 Å². The smallest absolute Gasteiger partial charge is 0.318 e. The standard InChI is InChI=1S/C30H41BrN6O2/c1-4-5-12-32-13-14-33-28-23-9-15-37(26-17-22(38)16-21-7-6-8-24(31)27(21)26)18-25(23)34-29(35-28)39-20-30(10-11-30)19-36(2)3/h6-8,16-17,32,38H,4-5,9-15,18-20H2,1-3H3,(H,33,34,35). The van der Waals surface area contributed by atoms with Gasteiger partial charge in [0.15, 0.2) is 0 Å². The zero-order valence-corrected chi connectivity index (χ0v) is 25.0. The third-order valence-electron chi connectivity index (χ3n) is 7.69. The van der Waals surface area contributed by atoms with Crippen molar-refractivity contribution in [2.24, 2.45) is 5.41 Å². The summed E-state index contributed by atoms with van der Waals surface area (Å²) in [6.07, 6.45) is 5.55. The second kappa shape index (κ2) is 12.3. The van der Waals surface area contributed by atoms with Gasteiger partial charge < -0.3 is 30.3 Å². The maximum absolute atomic E-state index is 10.5. The molecular weight excluding hydrogens is 556 g/mol. The van der Waals surface area contributed by atoms with E-state index in [0.717, 1.165) is 77.2 Å². The molecule has 1 aliphatic heterocycles. The van der Waals surface area contributed by atoms with E-state index in [0.29, 0.717) is 19.2 Å². The number of fused-ring (bicyclic) bond motifs is 2. The van der Waals surface area contributed by atoms with E-state index in [2.05, 4.69) is 57.4 Å². The van der Waals surface area contributed by atoms with E-state index in [1.165, 1.54) is 25.7 Å². The summed E-state index contributed by atoms with van der Waals surface area (Å²) in [5, 5.41) is 19.7. The van der Waals surface area contributed by atoms with Crippen LogP contribution in [0.5, 0.6) is 11.8 Å². The monoisotopic (exact) mass is 596 g/mol. The molecule has 0 bridgehead atoms. The van der Waals surface area contributed by atoms with Crippen molar-refractivity contribution in [3.63, 3.8) is 0 Å². The van der Waals surface area contributed by atoms with Crippen LogP contribution in [0, 0.1) is 5.41 Å². The Kier molecular flexibility index (Phi) is 8.79. The molecular formula is C30H41BrN6O2. The SMILES string of the molecule is CCCCNCCNc1nc(OCC2(CN(C)C)CC2)nc2c1CCN(c1cc(O)cc3cccc(Br)c13)C2. The Morgan fingerprint density at radius 3 is 2.77 bits per heavy atom.